The second-order valence-electron chi connectivity index (χ2n) is 4.99. The van der Waals surface area contributed by atoms with Crippen molar-refractivity contribution < 1.29 is 4.79 Å². The van der Waals surface area contributed by atoms with Crippen LogP contribution in [0.3, 0.4) is 0 Å². The van der Waals surface area contributed by atoms with Crippen LogP contribution >= 0.6 is 0 Å². The molecule has 0 aromatic heterocycles. The molecule has 0 aliphatic heterocycles. The first kappa shape index (κ1) is 16.5. The van der Waals surface area contributed by atoms with Gasteiger partial charge >= 0.3 is 6.03 Å². The average molecular weight is 277 g/mol. The van der Waals surface area contributed by atoms with Crippen molar-refractivity contribution in [1.82, 2.24) is 10.6 Å². The summed E-state index contributed by atoms with van der Waals surface area (Å²) in [5.74, 6) is 0. The molecule has 2 amide bonds. The van der Waals surface area contributed by atoms with Crippen LogP contribution in [0.25, 0.3) is 0 Å². The molecule has 112 valence electrons. The number of benzene rings is 1. The fourth-order valence-electron chi connectivity index (χ4n) is 2.06. The van der Waals surface area contributed by atoms with Crippen molar-refractivity contribution in [3.63, 3.8) is 0 Å². The van der Waals surface area contributed by atoms with Crippen molar-refractivity contribution in [2.75, 3.05) is 18.4 Å². The minimum atomic E-state index is -0.130. The summed E-state index contributed by atoms with van der Waals surface area (Å²) in [7, 11) is 0. The largest absolute Gasteiger partial charge is 0.338 e. The number of carbonyl (C=O) groups excluding carboxylic acids is 1. The van der Waals surface area contributed by atoms with Gasteiger partial charge < -0.3 is 16.0 Å². The summed E-state index contributed by atoms with van der Waals surface area (Å²) >= 11 is 0. The summed E-state index contributed by atoms with van der Waals surface area (Å²) in [5.41, 5.74) is 2.01. The van der Waals surface area contributed by atoms with Crippen molar-refractivity contribution in [3.05, 3.63) is 29.8 Å². The highest BCUT2D eigenvalue weighted by atomic mass is 16.2. The lowest BCUT2D eigenvalue weighted by Gasteiger charge is -2.14. The van der Waals surface area contributed by atoms with Gasteiger partial charge in [-0.25, -0.2) is 4.79 Å². The molecule has 1 unspecified atom stereocenters. The molecule has 1 aromatic rings. The number of nitrogens with one attached hydrogen (secondary N) is 3. The smallest absolute Gasteiger partial charge is 0.319 e. The Kier molecular flexibility index (Phi) is 7.73. The van der Waals surface area contributed by atoms with E-state index in [1.807, 2.05) is 18.2 Å². The fourth-order valence-corrected chi connectivity index (χ4v) is 2.06. The monoisotopic (exact) mass is 277 g/mol. The van der Waals surface area contributed by atoms with E-state index in [9.17, 15) is 4.79 Å². The molecule has 4 heteroatoms. The summed E-state index contributed by atoms with van der Waals surface area (Å²) in [6.07, 6.45) is 3.34. The van der Waals surface area contributed by atoms with Gasteiger partial charge in [-0.2, -0.15) is 0 Å². The number of anilines is 1. The van der Waals surface area contributed by atoms with Crippen LogP contribution in [0.5, 0.6) is 0 Å². The van der Waals surface area contributed by atoms with Crippen LogP contribution in [0.4, 0.5) is 10.5 Å². The van der Waals surface area contributed by atoms with Crippen molar-refractivity contribution in [3.8, 4) is 0 Å². The second kappa shape index (κ2) is 9.37. The van der Waals surface area contributed by atoms with Gasteiger partial charge in [-0.1, -0.05) is 38.8 Å². The van der Waals surface area contributed by atoms with Gasteiger partial charge in [0.2, 0.25) is 0 Å². The number of urea groups is 1. The van der Waals surface area contributed by atoms with Crippen molar-refractivity contribution in [1.29, 1.82) is 0 Å². The third kappa shape index (κ3) is 6.06. The van der Waals surface area contributed by atoms with Crippen LogP contribution in [-0.4, -0.2) is 19.1 Å². The lowest BCUT2D eigenvalue weighted by molar-refractivity contribution is 0.252. The Bertz CT molecular complexity index is 406. The van der Waals surface area contributed by atoms with Gasteiger partial charge in [0.15, 0.2) is 0 Å². The topological polar surface area (TPSA) is 53.2 Å². The number of unbranched alkanes of at least 4 members (excludes halogenated alkanes) is 2. The van der Waals surface area contributed by atoms with E-state index in [1.165, 1.54) is 5.56 Å². The Balaban J connectivity index is 2.47. The van der Waals surface area contributed by atoms with E-state index < -0.39 is 0 Å². The zero-order valence-electron chi connectivity index (χ0n) is 12.8. The molecule has 1 aromatic carbocycles. The second-order valence-corrected chi connectivity index (χ2v) is 4.99. The van der Waals surface area contributed by atoms with Gasteiger partial charge in [0, 0.05) is 18.3 Å². The van der Waals surface area contributed by atoms with Crippen LogP contribution in [0.15, 0.2) is 24.3 Å². The van der Waals surface area contributed by atoms with E-state index in [1.54, 1.807) is 0 Å². The molecule has 0 radical (unpaired) electrons. The molecule has 3 N–H and O–H groups in total. The Morgan fingerprint density at radius 2 is 2.05 bits per heavy atom. The SMILES string of the molecule is CCCCCNC(=O)Nc1cccc(C(C)NCC)c1. The lowest BCUT2D eigenvalue weighted by atomic mass is 10.1. The first-order valence-corrected chi connectivity index (χ1v) is 7.55. The standard InChI is InChI=1S/C16H27N3O/c1-4-6-7-11-18-16(20)19-15-10-8-9-14(12-15)13(3)17-5-2/h8-10,12-13,17H,4-7,11H2,1-3H3,(H2,18,19,20). The maximum atomic E-state index is 11.7. The van der Waals surface area contributed by atoms with Crippen LogP contribution in [0.2, 0.25) is 0 Å². The fraction of sp³-hybridized carbons (Fsp3) is 0.562. The molecule has 1 rings (SSSR count). The first-order valence-electron chi connectivity index (χ1n) is 7.55. The van der Waals surface area contributed by atoms with Gasteiger partial charge in [0.1, 0.15) is 0 Å². The number of rotatable bonds is 8. The molecule has 0 saturated heterocycles. The van der Waals surface area contributed by atoms with Gasteiger partial charge in [-0.05, 0) is 37.6 Å². The molecule has 0 aliphatic carbocycles. The van der Waals surface area contributed by atoms with E-state index >= 15 is 0 Å². The number of hydrogen-bond acceptors (Lipinski definition) is 2. The molecule has 0 aliphatic rings. The molecule has 0 bridgehead atoms. The average Bonchev–Trinajstić information content (AvgIpc) is 2.44. The third-order valence-electron chi connectivity index (χ3n) is 3.22. The minimum absolute atomic E-state index is 0.130. The Labute approximate surface area is 122 Å². The summed E-state index contributed by atoms with van der Waals surface area (Å²) < 4.78 is 0. The highest BCUT2D eigenvalue weighted by Gasteiger charge is 2.06. The normalized spacial score (nSPS) is 11.9. The number of hydrogen-bond donors (Lipinski definition) is 3. The molecule has 20 heavy (non-hydrogen) atoms. The summed E-state index contributed by atoms with van der Waals surface area (Å²) in [6, 6.07) is 8.11. The number of amides is 2. The van der Waals surface area contributed by atoms with Crippen LogP contribution < -0.4 is 16.0 Å². The Hall–Kier alpha value is -1.55. The van der Waals surface area contributed by atoms with Gasteiger partial charge in [-0.15, -0.1) is 0 Å². The van der Waals surface area contributed by atoms with Crippen molar-refractivity contribution in [2.24, 2.45) is 0 Å². The predicted octanol–water partition coefficient (Wildman–Crippen LogP) is 3.67. The van der Waals surface area contributed by atoms with E-state index in [2.05, 4.69) is 42.8 Å². The van der Waals surface area contributed by atoms with Crippen LogP contribution in [0.1, 0.15) is 51.6 Å². The zero-order chi connectivity index (χ0) is 14.8. The summed E-state index contributed by atoms with van der Waals surface area (Å²) in [5, 5.41) is 9.11. The van der Waals surface area contributed by atoms with Crippen molar-refractivity contribution in [2.45, 2.75) is 46.1 Å². The molecule has 0 fully saturated rings. The van der Waals surface area contributed by atoms with Crippen molar-refractivity contribution >= 4 is 11.7 Å². The van der Waals surface area contributed by atoms with E-state index in [0.717, 1.165) is 38.0 Å². The highest BCUT2D eigenvalue weighted by Crippen LogP contribution is 2.17. The van der Waals surface area contributed by atoms with Gasteiger partial charge in [0.25, 0.3) is 0 Å². The molecule has 0 heterocycles. The lowest BCUT2D eigenvalue weighted by Crippen LogP contribution is -2.29. The maximum Gasteiger partial charge on any atom is 0.319 e. The summed E-state index contributed by atoms with van der Waals surface area (Å²) in [4.78, 5) is 11.7. The molecule has 0 spiro atoms. The molecule has 4 nitrogen and oxygen atoms in total. The molecule has 1 atom stereocenters. The first-order chi connectivity index (χ1) is 9.67. The predicted molar refractivity (Wildman–Crippen MR) is 85.1 cm³/mol. The van der Waals surface area contributed by atoms with Crippen LogP contribution in [-0.2, 0) is 0 Å². The summed E-state index contributed by atoms with van der Waals surface area (Å²) in [6.45, 7) is 8.01. The Morgan fingerprint density at radius 1 is 1.25 bits per heavy atom. The highest BCUT2D eigenvalue weighted by molar-refractivity contribution is 5.89. The molecule has 0 saturated carbocycles. The van der Waals surface area contributed by atoms with E-state index in [-0.39, 0.29) is 12.1 Å². The third-order valence-corrected chi connectivity index (χ3v) is 3.22. The zero-order valence-corrected chi connectivity index (χ0v) is 12.8. The quantitative estimate of drug-likeness (QED) is 0.635. The minimum Gasteiger partial charge on any atom is -0.338 e. The molecular formula is C16H27N3O. The van der Waals surface area contributed by atoms with E-state index in [0.29, 0.717) is 0 Å². The maximum absolute atomic E-state index is 11.7. The van der Waals surface area contributed by atoms with E-state index in [4.69, 9.17) is 0 Å². The number of carbonyl (C=O) groups is 1. The van der Waals surface area contributed by atoms with Gasteiger partial charge in [-0.3, -0.25) is 0 Å². The molecular weight excluding hydrogens is 250 g/mol. The van der Waals surface area contributed by atoms with Gasteiger partial charge in [0.05, 0.1) is 0 Å². The Morgan fingerprint density at radius 3 is 2.75 bits per heavy atom. The van der Waals surface area contributed by atoms with Crippen LogP contribution in [0, 0.1) is 0 Å².